The Morgan fingerprint density at radius 2 is 2.08 bits per heavy atom. The molecule has 1 aliphatic heterocycles. The Bertz CT molecular complexity index is 890. The van der Waals surface area contributed by atoms with Crippen LogP contribution in [0.4, 0.5) is 0 Å². The molecule has 0 fully saturated rings. The van der Waals surface area contributed by atoms with Crippen LogP contribution < -0.4 is 5.32 Å². The molecule has 0 saturated heterocycles. The first kappa shape index (κ1) is 17.2. The van der Waals surface area contributed by atoms with Crippen LogP contribution in [0.5, 0.6) is 0 Å². The molecule has 3 rings (SSSR count). The lowest BCUT2D eigenvalue weighted by Crippen LogP contribution is -2.34. The van der Waals surface area contributed by atoms with E-state index in [2.05, 4.69) is 31.4 Å². The van der Waals surface area contributed by atoms with E-state index in [1.807, 2.05) is 13.8 Å². The highest BCUT2D eigenvalue weighted by Gasteiger charge is 2.31. The third kappa shape index (κ3) is 3.00. The zero-order valence-corrected chi connectivity index (χ0v) is 15.7. The minimum Gasteiger partial charge on any atom is -0.344 e. The first-order valence-electron chi connectivity index (χ1n) is 7.67. The van der Waals surface area contributed by atoms with Gasteiger partial charge in [0.15, 0.2) is 15.5 Å². The van der Waals surface area contributed by atoms with Crippen LogP contribution >= 0.6 is 15.9 Å². The van der Waals surface area contributed by atoms with Gasteiger partial charge in [-0.25, -0.2) is 8.42 Å². The predicted octanol–water partition coefficient (Wildman–Crippen LogP) is 2.94. The number of amides is 1. The van der Waals surface area contributed by atoms with E-state index in [-0.39, 0.29) is 29.3 Å². The average Bonchev–Trinajstić information content (AvgIpc) is 2.92. The zero-order chi connectivity index (χ0) is 17.5. The van der Waals surface area contributed by atoms with Crippen molar-refractivity contribution in [3.8, 4) is 0 Å². The van der Waals surface area contributed by atoms with Crippen LogP contribution in [0.2, 0.25) is 0 Å². The summed E-state index contributed by atoms with van der Waals surface area (Å²) in [6.45, 7) is 4.00. The molecule has 1 amide bonds. The maximum absolute atomic E-state index is 12.6. The Balaban J connectivity index is 1.88. The number of halogens is 1. The summed E-state index contributed by atoms with van der Waals surface area (Å²) in [6.07, 6.45) is 0.351. The summed E-state index contributed by atoms with van der Waals surface area (Å²) in [7, 11) is -3.27. The number of hydrogen-bond acceptors (Lipinski definition) is 4. The van der Waals surface area contributed by atoms with E-state index in [9.17, 15) is 13.2 Å². The predicted molar refractivity (Wildman–Crippen MR) is 93.7 cm³/mol. The van der Waals surface area contributed by atoms with Gasteiger partial charge in [-0.1, -0.05) is 32.0 Å². The summed E-state index contributed by atoms with van der Waals surface area (Å²) in [6, 6.07) is 6.46. The van der Waals surface area contributed by atoms with Crippen molar-refractivity contribution in [3.05, 3.63) is 45.7 Å². The van der Waals surface area contributed by atoms with Crippen LogP contribution in [0.3, 0.4) is 0 Å². The smallest absolute Gasteiger partial charge is 0.273 e. The molecule has 1 atom stereocenters. The molecular formula is C16H18BrN3O3S. The molecule has 6 nitrogen and oxygen atoms in total. The normalized spacial score (nSPS) is 19.1. The van der Waals surface area contributed by atoms with E-state index in [1.54, 1.807) is 24.3 Å². The number of H-pyrrole nitrogens is 1. The Morgan fingerprint density at radius 1 is 1.38 bits per heavy atom. The van der Waals surface area contributed by atoms with E-state index >= 15 is 0 Å². The minimum atomic E-state index is -3.27. The number of hydrogen-bond donors (Lipinski definition) is 2. The van der Waals surface area contributed by atoms with Gasteiger partial charge in [0, 0.05) is 0 Å². The summed E-state index contributed by atoms with van der Waals surface area (Å²) in [5.41, 5.74) is 1.77. The molecule has 1 unspecified atom stereocenters. The molecule has 2 N–H and O–H groups in total. The fourth-order valence-corrected chi connectivity index (χ4v) is 5.28. The maximum atomic E-state index is 12.6. The van der Waals surface area contributed by atoms with Crippen LogP contribution in [-0.4, -0.2) is 30.3 Å². The quantitative estimate of drug-likeness (QED) is 0.811. The summed E-state index contributed by atoms with van der Waals surface area (Å²) in [5, 5.41) is 9.86. The second kappa shape index (κ2) is 6.33. The van der Waals surface area contributed by atoms with Crippen molar-refractivity contribution in [2.75, 3.05) is 5.75 Å². The lowest BCUT2D eigenvalue weighted by atomic mass is 10.0. The van der Waals surface area contributed by atoms with Gasteiger partial charge in [-0.3, -0.25) is 9.89 Å². The topological polar surface area (TPSA) is 91.9 Å². The Labute approximate surface area is 149 Å². The third-order valence-corrected chi connectivity index (χ3v) is 6.75. The van der Waals surface area contributed by atoms with Gasteiger partial charge in [-0.15, -0.1) is 0 Å². The van der Waals surface area contributed by atoms with Gasteiger partial charge < -0.3 is 5.32 Å². The lowest BCUT2D eigenvalue weighted by Gasteiger charge is -2.26. The molecule has 0 radical (unpaired) electrons. The van der Waals surface area contributed by atoms with Crippen LogP contribution in [-0.2, 0) is 9.84 Å². The van der Waals surface area contributed by atoms with Crippen LogP contribution in [0.25, 0.3) is 0 Å². The molecular weight excluding hydrogens is 394 g/mol. The van der Waals surface area contributed by atoms with Crippen molar-refractivity contribution in [1.82, 2.24) is 15.5 Å². The average molecular weight is 412 g/mol. The fourth-order valence-electron chi connectivity index (χ4n) is 2.84. The van der Waals surface area contributed by atoms with Crippen LogP contribution in [0, 0.1) is 0 Å². The molecule has 0 saturated carbocycles. The van der Waals surface area contributed by atoms with Gasteiger partial charge >= 0.3 is 0 Å². The number of aromatic nitrogens is 2. The molecule has 1 aromatic heterocycles. The number of nitrogens with zero attached hydrogens (tertiary/aromatic N) is 1. The summed E-state index contributed by atoms with van der Waals surface area (Å²) >= 11 is 3.42. The van der Waals surface area contributed by atoms with Gasteiger partial charge in [-0.2, -0.15) is 5.10 Å². The highest BCUT2D eigenvalue weighted by atomic mass is 79.9. The fraction of sp³-hybridized carbons (Fsp3) is 0.375. The second-order valence-corrected chi connectivity index (χ2v) is 9.00. The van der Waals surface area contributed by atoms with E-state index < -0.39 is 9.84 Å². The van der Waals surface area contributed by atoms with Crippen molar-refractivity contribution < 1.29 is 13.2 Å². The van der Waals surface area contributed by atoms with Crippen molar-refractivity contribution in [2.24, 2.45) is 0 Å². The molecule has 0 bridgehead atoms. The minimum absolute atomic E-state index is 0.0218. The molecule has 2 aromatic rings. The number of benzene rings is 1. The summed E-state index contributed by atoms with van der Waals surface area (Å²) in [4.78, 5) is 12.9. The van der Waals surface area contributed by atoms with E-state index in [1.165, 1.54) is 0 Å². The van der Waals surface area contributed by atoms with Crippen molar-refractivity contribution >= 4 is 31.7 Å². The Morgan fingerprint density at radius 3 is 2.75 bits per heavy atom. The van der Waals surface area contributed by atoms with Crippen molar-refractivity contribution in [3.63, 3.8) is 0 Å². The van der Waals surface area contributed by atoms with Crippen LogP contribution in [0.15, 0.2) is 33.6 Å². The van der Waals surface area contributed by atoms with Gasteiger partial charge in [0.25, 0.3) is 5.91 Å². The third-order valence-electron chi connectivity index (χ3n) is 4.14. The first-order chi connectivity index (χ1) is 11.3. The lowest BCUT2D eigenvalue weighted by molar-refractivity contribution is 0.0928. The molecule has 2 heterocycles. The number of carbonyl (C=O) groups is 1. The number of fused-ring (bicyclic) bond motifs is 1. The maximum Gasteiger partial charge on any atom is 0.273 e. The van der Waals surface area contributed by atoms with Crippen LogP contribution in [0.1, 0.15) is 54.0 Å². The molecule has 1 aromatic carbocycles. The number of sulfone groups is 1. The van der Waals surface area contributed by atoms with E-state index in [4.69, 9.17) is 0 Å². The highest BCUT2D eigenvalue weighted by molar-refractivity contribution is 9.10. The van der Waals surface area contributed by atoms with Crippen molar-refractivity contribution in [1.29, 1.82) is 0 Å². The van der Waals surface area contributed by atoms with Crippen molar-refractivity contribution in [2.45, 2.75) is 37.1 Å². The molecule has 1 aliphatic rings. The summed E-state index contributed by atoms with van der Waals surface area (Å²) < 4.78 is 25.0. The SMILES string of the molecule is CC(C)c1[nH]nc(C(=O)NC2CCS(=O)(=O)c3ccccc32)c1Br. The largest absolute Gasteiger partial charge is 0.344 e. The number of rotatable bonds is 3. The van der Waals surface area contributed by atoms with Gasteiger partial charge in [-0.05, 0) is 39.9 Å². The van der Waals surface area contributed by atoms with Gasteiger partial charge in [0.1, 0.15) is 0 Å². The zero-order valence-electron chi connectivity index (χ0n) is 13.3. The monoisotopic (exact) mass is 411 g/mol. The van der Waals surface area contributed by atoms with Gasteiger partial charge in [0.2, 0.25) is 0 Å². The number of nitrogens with one attached hydrogen (secondary N) is 2. The highest BCUT2D eigenvalue weighted by Crippen LogP contribution is 2.32. The number of aromatic amines is 1. The molecule has 24 heavy (non-hydrogen) atoms. The Kier molecular flexibility index (Phi) is 4.52. The molecule has 128 valence electrons. The second-order valence-electron chi connectivity index (χ2n) is 6.13. The standard InChI is InChI=1S/C16H18BrN3O3S/c1-9(2)14-13(17)15(20-19-14)16(21)18-11-7-8-24(22,23)12-6-4-3-5-10(11)12/h3-6,9,11H,7-8H2,1-2H3,(H,18,21)(H,19,20). The summed E-state index contributed by atoms with van der Waals surface area (Å²) in [5.74, 6) is -0.105. The van der Waals surface area contributed by atoms with E-state index in [0.717, 1.165) is 5.69 Å². The molecule has 0 spiro atoms. The number of carbonyl (C=O) groups excluding carboxylic acids is 1. The Hall–Kier alpha value is -1.67. The van der Waals surface area contributed by atoms with E-state index in [0.29, 0.717) is 21.4 Å². The molecule has 8 heteroatoms. The van der Waals surface area contributed by atoms with Gasteiger partial charge in [0.05, 0.1) is 26.9 Å². The molecule has 0 aliphatic carbocycles. The first-order valence-corrected chi connectivity index (χ1v) is 10.1.